The number of hydrogen-bond donors (Lipinski definition) is 1. The van der Waals surface area contributed by atoms with Crippen molar-refractivity contribution in [3.8, 4) is 0 Å². The van der Waals surface area contributed by atoms with Gasteiger partial charge in [0.1, 0.15) is 5.01 Å². The van der Waals surface area contributed by atoms with Crippen LogP contribution >= 0.6 is 11.3 Å². The lowest BCUT2D eigenvalue weighted by Gasteiger charge is -2.28. The van der Waals surface area contributed by atoms with Crippen LogP contribution in [-0.2, 0) is 6.42 Å². The van der Waals surface area contributed by atoms with E-state index in [1.807, 2.05) is 35.4 Å². The van der Waals surface area contributed by atoms with Crippen LogP contribution in [0, 0.1) is 24.7 Å². The van der Waals surface area contributed by atoms with Crippen LogP contribution < -0.4 is 0 Å². The summed E-state index contributed by atoms with van der Waals surface area (Å²) in [5.74, 6) is 0.639. The van der Waals surface area contributed by atoms with Crippen LogP contribution in [0.3, 0.4) is 0 Å². The summed E-state index contributed by atoms with van der Waals surface area (Å²) in [5, 5.41) is 14.4. The van der Waals surface area contributed by atoms with Gasteiger partial charge in [-0.05, 0) is 74.5 Å². The smallest absolute Gasteiger partial charge is 0.254 e. The molecule has 2 fully saturated rings. The summed E-state index contributed by atoms with van der Waals surface area (Å²) < 4.78 is 0. The second kappa shape index (κ2) is 11.9. The third kappa shape index (κ3) is 6.08. The lowest BCUT2D eigenvalue weighted by molar-refractivity contribution is 0.0444. The second-order valence-corrected chi connectivity index (χ2v) is 12.2. The van der Waals surface area contributed by atoms with Gasteiger partial charge in [0.05, 0.1) is 12.1 Å². The highest BCUT2D eigenvalue weighted by molar-refractivity contribution is 7.09. The molecule has 5 nitrogen and oxygen atoms in total. The van der Waals surface area contributed by atoms with E-state index in [1.54, 1.807) is 35.6 Å². The first-order valence-electron chi connectivity index (χ1n) is 14.0. The van der Waals surface area contributed by atoms with Gasteiger partial charge in [0, 0.05) is 35.2 Å². The number of Topliss-reactive ketones (excluding diaryl/α,β-unsaturated/α-hetero) is 1. The summed E-state index contributed by atoms with van der Waals surface area (Å²) >= 11 is 1.61. The van der Waals surface area contributed by atoms with Crippen molar-refractivity contribution in [1.82, 2.24) is 9.88 Å². The molecular weight excluding hydrogens is 492 g/mol. The Hall–Kier alpha value is -2.83. The van der Waals surface area contributed by atoms with E-state index >= 15 is 0 Å². The van der Waals surface area contributed by atoms with E-state index in [0.29, 0.717) is 30.0 Å². The molecular formula is C32H38N2O3S. The Kier molecular flexibility index (Phi) is 8.39. The van der Waals surface area contributed by atoms with Gasteiger partial charge >= 0.3 is 0 Å². The van der Waals surface area contributed by atoms with Gasteiger partial charge in [0.25, 0.3) is 5.91 Å². The molecule has 1 N–H and O–H groups in total. The number of nitrogens with zero attached hydrogens (tertiary/aromatic N) is 2. The van der Waals surface area contributed by atoms with Crippen LogP contribution in [-0.4, -0.2) is 39.3 Å². The van der Waals surface area contributed by atoms with Crippen molar-refractivity contribution in [2.24, 2.45) is 17.8 Å². The summed E-state index contributed by atoms with van der Waals surface area (Å²) in [7, 11) is 0. The van der Waals surface area contributed by atoms with Crippen molar-refractivity contribution in [3.05, 3.63) is 87.4 Å². The van der Waals surface area contributed by atoms with E-state index < -0.39 is 6.10 Å². The summed E-state index contributed by atoms with van der Waals surface area (Å²) in [6.45, 7) is 4.92. The fourth-order valence-electron chi connectivity index (χ4n) is 6.32. The molecule has 0 bridgehead atoms. The summed E-state index contributed by atoms with van der Waals surface area (Å²) in [5.41, 5.74) is 3.20. The van der Waals surface area contributed by atoms with Crippen LogP contribution in [0.25, 0.3) is 0 Å². The zero-order valence-electron chi connectivity index (χ0n) is 22.4. The number of aliphatic hydroxyl groups is 1. The zero-order chi connectivity index (χ0) is 26.6. The number of ketones is 1. The fourth-order valence-corrected chi connectivity index (χ4v) is 7.26. The Morgan fingerprint density at radius 1 is 1.08 bits per heavy atom. The Morgan fingerprint density at radius 3 is 2.58 bits per heavy atom. The number of rotatable bonds is 9. The van der Waals surface area contributed by atoms with E-state index in [1.165, 1.54) is 0 Å². The highest BCUT2D eigenvalue weighted by atomic mass is 32.1. The minimum Gasteiger partial charge on any atom is -0.393 e. The highest BCUT2D eigenvalue weighted by Crippen LogP contribution is 2.37. The molecule has 0 spiro atoms. The molecule has 5 rings (SSSR count). The predicted octanol–water partition coefficient (Wildman–Crippen LogP) is 6.66. The number of likely N-dealkylation sites (tertiary alicyclic amines) is 1. The first-order valence-corrected chi connectivity index (χ1v) is 14.8. The van der Waals surface area contributed by atoms with Crippen molar-refractivity contribution in [3.63, 3.8) is 0 Å². The third-order valence-corrected chi connectivity index (χ3v) is 9.42. The van der Waals surface area contributed by atoms with Gasteiger partial charge in [0.15, 0.2) is 5.78 Å². The van der Waals surface area contributed by atoms with Crippen LogP contribution in [0.15, 0.2) is 60.0 Å². The number of aromatic nitrogens is 1. The molecule has 1 aliphatic heterocycles. The van der Waals surface area contributed by atoms with E-state index in [9.17, 15) is 14.7 Å². The number of aliphatic hydroxyl groups excluding tert-OH is 1. The van der Waals surface area contributed by atoms with Gasteiger partial charge in [-0.1, -0.05) is 55.8 Å². The highest BCUT2D eigenvalue weighted by Gasteiger charge is 2.35. The maximum absolute atomic E-state index is 13.6. The van der Waals surface area contributed by atoms with Crippen molar-refractivity contribution in [2.75, 3.05) is 6.54 Å². The minimum atomic E-state index is -0.513. The second-order valence-electron chi connectivity index (χ2n) is 11.3. The normalized spacial score (nSPS) is 22.9. The van der Waals surface area contributed by atoms with E-state index in [-0.39, 0.29) is 36.0 Å². The topological polar surface area (TPSA) is 70.5 Å². The maximum atomic E-state index is 13.6. The van der Waals surface area contributed by atoms with E-state index in [0.717, 1.165) is 48.4 Å². The van der Waals surface area contributed by atoms with Gasteiger partial charge in [0.2, 0.25) is 0 Å². The lowest BCUT2D eigenvalue weighted by Crippen LogP contribution is -2.32. The molecule has 3 aromatic rings. The number of thiazole rings is 1. The number of carbonyl (C=O) groups is 2. The monoisotopic (exact) mass is 530 g/mol. The molecule has 0 radical (unpaired) electrons. The molecule has 2 heterocycles. The Morgan fingerprint density at radius 2 is 1.87 bits per heavy atom. The van der Waals surface area contributed by atoms with Crippen molar-refractivity contribution < 1.29 is 14.7 Å². The molecule has 38 heavy (non-hydrogen) atoms. The molecule has 1 saturated carbocycles. The van der Waals surface area contributed by atoms with Gasteiger partial charge in [-0.3, -0.25) is 9.59 Å². The number of benzene rings is 2. The minimum absolute atomic E-state index is 0.000221. The average Bonchev–Trinajstić information content (AvgIpc) is 3.69. The Bertz CT molecular complexity index is 1260. The maximum Gasteiger partial charge on any atom is 0.254 e. The first kappa shape index (κ1) is 26.8. The molecule has 6 heteroatoms. The zero-order valence-corrected chi connectivity index (χ0v) is 23.2. The Balaban J connectivity index is 1.32. The van der Waals surface area contributed by atoms with Gasteiger partial charge in [-0.2, -0.15) is 0 Å². The van der Waals surface area contributed by atoms with E-state index in [2.05, 4.69) is 24.0 Å². The number of amides is 1. The van der Waals surface area contributed by atoms with Crippen molar-refractivity contribution >= 4 is 23.0 Å². The largest absolute Gasteiger partial charge is 0.393 e. The van der Waals surface area contributed by atoms with E-state index in [4.69, 9.17) is 0 Å². The van der Waals surface area contributed by atoms with Gasteiger partial charge in [-0.25, -0.2) is 4.98 Å². The molecule has 200 valence electrons. The van der Waals surface area contributed by atoms with Crippen LogP contribution in [0.1, 0.15) is 88.5 Å². The molecule has 1 aliphatic carbocycles. The Labute approximate surface area is 229 Å². The summed E-state index contributed by atoms with van der Waals surface area (Å²) in [6.07, 6.45) is 5.45. The molecule has 5 atom stereocenters. The summed E-state index contributed by atoms with van der Waals surface area (Å²) in [6, 6.07) is 17.3. The molecule has 0 unspecified atom stereocenters. The van der Waals surface area contributed by atoms with Crippen LogP contribution in [0.5, 0.6) is 0 Å². The van der Waals surface area contributed by atoms with Gasteiger partial charge in [-0.15, -0.1) is 11.3 Å². The standard InChI is InChI=1S/C32H38N2O3S/c1-21-13-14-25(16-21)30(36)27(17-23-8-4-3-5-9-23)19-29(35)24-10-6-11-26(18-24)32(37)34-15-7-12-28(34)31-33-22(2)20-38-31/h3-6,8-11,18,20-21,25,27-28,30,36H,7,12-17,19H2,1-2H3/t21-,25+,27-,28-,30-/m1/s1. The first-order chi connectivity index (χ1) is 18.4. The quantitative estimate of drug-likeness (QED) is 0.314. The third-order valence-electron chi connectivity index (χ3n) is 8.36. The predicted molar refractivity (Wildman–Crippen MR) is 151 cm³/mol. The number of aryl methyl sites for hydroxylation is 1. The average molecular weight is 531 g/mol. The van der Waals surface area contributed by atoms with Gasteiger partial charge < -0.3 is 10.0 Å². The molecule has 1 amide bonds. The number of carbonyl (C=O) groups excluding carboxylic acids is 2. The van der Waals surface area contributed by atoms with Crippen LogP contribution in [0.2, 0.25) is 0 Å². The molecule has 2 aliphatic rings. The summed E-state index contributed by atoms with van der Waals surface area (Å²) in [4.78, 5) is 33.6. The number of hydrogen-bond acceptors (Lipinski definition) is 5. The fraction of sp³-hybridized carbons (Fsp3) is 0.469. The molecule has 1 saturated heterocycles. The molecule has 1 aromatic heterocycles. The van der Waals surface area contributed by atoms with Crippen LogP contribution in [0.4, 0.5) is 0 Å². The van der Waals surface area contributed by atoms with Crippen molar-refractivity contribution in [1.29, 1.82) is 0 Å². The SMILES string of the molecule is Cc1csc([C@H]2CCCN2C(=O)c2cccc(C(=O)C[C@@H](Cc3ccccc3)[C@H](O)[C@H]3CC[C@@H](C)C3)c2)n1. The lowest BCUT2D eigenvalue weighted by atomic mass is 9.81. The molecule has 2 aromatic carbocycles. The van der Waals surface area contributed by atoms with Crippen molar-refractivity contribution in [2.45, 2.75) is 70.9 Å².